The number of allylic oxidation sites excluding steroid dienone is 8. The molecular formula is C62H47NS. The van der Waals surface area contributed by atoms with E-state index in [-0.39, 0.29) is 6.04 Å². The molecule has 0 spiro atoms. The average molecular weight is 838 g/mol. The molecule has 306 valence electrons. The van der Waals surface area contributed by atoms with Gasteiger partial charge in [0.1, 0.15) is 0 Å². The zero-order chi connectivity index (χ0) is 42.2. The third-order valence-electron chi connectivity index (χ3n) is 14.7. The largest absolute Gasteiger partial charge is 0.334 e. The zero-order valence-corrected chi connectivity index (χ0v) is 36.6. The van der Waals surface area contributed by atoms with Crippen molar-refractivity contribution >= 4 is 50.5 Å². The van der Waals surface area contributed by atoms with Crippen LogP contribution in [0.4, 0.5) is 11.4 Å². The van der Waals surface area contributed by atoms with E-state index >= 15 is 0 Å². The van der Waals surface area contributed by atoms with Crippen molar-refractivity contribution in [2.75, 3.05) is 4.90 Å². The SMILES string of the molecule is C1=CCCC(C2=CC3=C(CC2)Cc2cccc(N(c4cccc(C5(c6ccccc6)c6ccccc6-c6ccccc65)c4)C4C=c5c(sc6cccc(-c7ccccc7)c56)=CC4)c23)=C1. The van der Waals surface area contributed by atoms with Gasteiger partial charge in [0, 0.05) is 31.6 Å². The second-order valence-electron chi connectivity index (χ2n) is 18.1. The Morgan fingerprint density at radius 1 is 0.609 bits per heavy atom. The Morgan fingerprint density at radius 2 is 1.33 bits per heavy atom. The van der Waals surface area contributed by atoms with Crippen LogP contribution in [-0.2, 0) is 11.8 Å². The molecule has 13 rings (SSSR count). The monoisotopic (exact) mass is 837 g/mol. The number of benzene rings is 7. The molecule has 0 bridgehead atoms. The molecule has 7 aromatic carbocycles. The van der Waals surface area contributed by atoms with Gasteiger partial charge in [-0.25, -0.2) is 0 Å². The van der Waals surface area contributed by atoms with Crippen LogP contribution in [0.25, 0.3) is 50.1 Å². The lowest BCUT2D eigenvalue weighted by Crippen LogP contribution is -2.37. The van der Waals surface area contributed by atoms with Crippen LogP contribution < -0.4 is 14.7 Å². The minimum Gasteiger partial charge on any atom is -0.334 e. The quantitative estimate of drug-likeness (QED) is 0.155. The fourth-order valence-electron chi connectivity index (χ4n) is 11.9. The van der Waals surface area contributed by atoms with Crippen LogP contribution in [0.15, 0.2) is 211 Å². The van der Waals surface area contributed by atoms with Gasteiger partial charge in [0.15, 0.2) is 0 Å². The molecule has 1 atom stereocenters. The van der Waals surface area contributed by atoms with Gasteiger partial charge in [0.05, 0.1) is 11.5 Å². The van der Waals surface area contributed by atoms with Gasteiger partial charge in [-0.2, -0.15) is 0 Å². The Labute approximate surface area is 379 Å². The van der Waals surface area contributed by atoms with E-state index in [2.05, 4.69) is 211 Å². The normalized spacial score (nSPS) is 17.6. The van der Waals surface area contributed by atoms with Crippen molar-refractivity contribution in [2.24, 2.45) is 0 Å². The lowest BCUT2D eigenvalue weighted by Gasteiger charge is -2.37. The lowest BCUT2D eigenvalue weighted by atomic mass is 9.67. The van der Waals surface area contributed by atoms with Gasteiger partial charge in [-0.3, -0.25) is 0 Å². The van der Waals surface area contributed by atoms with Crippen LogP contribution in [0.2, 0.25) is 0 Å². The minimum atomic E-state index is -0.489. The molecular weight excluding hydrogens is 791 g/mol. The summed E-state index contributed by atoms with van der Waals surface area (Å²) in [4.78, 5) is 2.72. The van der Waals surface area contributed by atoms with E-state index < -0.39 is 5.41 Å². The summed E-state index contributed by atoms with van der Waals surface area (Å²) in [5.74, 6) is 0. The number of thiophene rings is 1. The molecule has 1 heterocycles. The summed E-state index contributed by atoms with van der Waals surface area (Å²) in [6.07, 6.45) is 21.1. The van der Waals surface area contributed by atoms with Gasteiger partial charge >= 0.3 is 0 Å². The first-order valence-corrected chi connectivity index (χ1v) is 23.9. The highest BCUT2D eigenvalue weighted by Gasteiger charge is 2.46. The Kier molecular flexibility index (Phi) is 8.84. The van der Waals surface area contributed by atoms with Gasteiger partial charge in [-0.15, -0.1) is 11.3 Å². The van der Waals surface area contributed by atoms with Gasteiger partial charge in [-0.05, 0) is 135 Å². The fraction of sp³-hybridized carbons (Fsp3) is 0.129. The van der Waals surface area contributed by atoms with Crippen LogP contribution >= 0.6 is 11.3 Å². The second kappa shape index (κ2) is 15.1. The maximum Gasteiger partial charge on any atom is 0.0714 e. The first-order chi connectivity index (χ1) is 31.7. The van der Waals surface area contributed by atoms with Gasteiger partial charge < -0.3 is 4.90 Å². The molecule has 5 aliphatic carbocycles. The van der Waals surface area contributed by atoms with Crippen LogP contribution in [-0.4, -0.2) is 6.04 Å². The molecule has 0 aliphatic heterocycles. The highest BCUT2D eigenvalue weighted by molar-refractivity contribution is 7.17. The highest BCUT2D eigenvalue weighted by Crippen LogP contribution is 2.57. The number of hydrogen-bond donors (Lipinski definition) is 0. The van der Waals surface area contributed by atoms with Crippen LogP contribution in [0.1, 0.15) is 65.5 Å². The fourth-order valence-corrected chi connectivity index (χ4v) is 13.1. The van der Waals surface area contributed by atoms with E-state index in [0.29, 0.717) is 0 Å². The highest BCUT2D eigenvalue weighted by atomic mass is 32.1. The smallest absolute Gasteiger partial charge is 0.0714 e. The Bertz CT molecular complexity index is 3400. The maximum absolute atomic E-state index is 2.72. The number of hydrogen-bond acceptors (Lipinski definition) is 2. The summed E-state index contributed by atoms with van der Waals surface area (Å²) >= 11 is 1.94. The van der Waals surface area contributed by atoms with Gasteiger partial charge in [0.25, 0.3) is 0 Å². The summed E-state index contributed by atoms with van der Waals surface area (Å²) in [6.45, 7) is 0. The van der Waals surface area contributed by atoms with E-state index in [9.17, 15) is 0 Å². The number of fused-ring (bicyclic) bond motifs is 8. The van der Waals surface area contributed by atoms with E-state index in [1.54, 1.807) is 5.57 Å². The topological polar surface area (TPSA) is 3.24 Å². The zero-order valence-electron chi connectivity index (χ0n) is 35.8. The van der Waals surface area contributed by atoms with Crippen LogP contribution in [0, 0.1) is 0 Å². The summed E-state index contributed by atoms with van der Waals surface area (Å²) in [7, 11) is 0. The molecule has 2 heteroatoms. The van der Waals surface area contributed by atoms with Crippen molar-refractivity contribution in [1.29, 1.82) is 0 Å². The molecule has 1 nitrogen and oxygen atoms in total. The Hall–Kier alpha value is -7.00. The van der Waals surface area contributed by atoms with E-state index in [1.807, 2.05) is 11.3 Å². The molecule has 0 saturated heterocycles. The van der Waals surface area contributed by atoms with Crippen LogP contribution in [0.3, 0.4) is 0 Å². The molecule has 5 aliphatic rings. The molecule has 0 radical (unpaired) electrons. The first-order valence-electron chi connectivity index (χ1n) is 23.1. The molecule has 0 saturated carbocycles. The summed E-state index contributed by atoms with van der Waals surface area (Å²) in [6, 6.07) is 64.1. The van der Waals surface area contributed by atoms with Gasteiger partial charge in [0.2, 0.25) is 0 Å². The standard InChI is InChI=1S/C62H47NS/c1-4-17-41(18-5-1)43-33-34-44-37-45-21-14-31-57(60(45)53(44)38-43)63(49-35-36-58-54(40-49)61-50(28-16-32-59(61)64-58)42-19-6-2-7-20-42)48-25-15-24-47(39-48)62(46-22-8-3-9-23-46)55-29-12-10-26-51(55)52-27-11-13-30-56(52)62/h1-4,6-17,19-32,36,38-40,49H,5,18,33-35,37H2. The Balaban J connectivity index is 1.06. The molecule has 1 aromatic heterocycles. The van der Waals surface area contributed by atoms with Crippen LogP contribution in [0.5, 0.6) is 0 Å². The van der Waals surface area contributed by atoms with Crippen molar-refractivity contribution in [3.05, 3.63) is 254 Å². The molecule has 0 fully saturated rings. The number of anilines is 2. The lowest BCUT2D eigenvalue weighted by molar-refractivity contribution is 0.765. The second-order valence-corrected chi connectivity index (χ2v) is 19.1. The first kappa shape index (κ1) is 37.5. The molecule has 8 aromatic rings. The number of nitrogens with zero attached hydrogens (tertiary/aromatic N) is 1. The average Bonchev–Trinajstić information content (AvgIpc) is 4.03. The maximum atomic E-state index is 2.72. The van der Waals surface area contributed by atoms with Gasteiger partial charge in [-0.1, -0.05) is 188 Å². The van der Waals surface area contributed by atoms with Crippen molar-refractivity contribution in [3.63, 3.8) is 0 Å². The molecule has 0 amide bonds. The minimum absolute atomic E-state index is 0.0783. The summed E-state index contributed by atoms with van der Waals surface area (Å²) in [5, 5.41) is 2.73. The molecule has 0 N–H and O–H groups in total. The van der Waals surface area contributed by atoms with Crippen molar-refractivity contribution < 1.29 is 0 Å². The third kappa shape index (κ3) is 5.75. The summed E-state index contributed by atoms with van der Waals surface area (Å²) in [5.41, 5.74) is 21.4. The molecule has 1 unspecified atom stereocenters. The molecule has 64 heavy (non-hydrogen) atoms. The predicted octanol–water partition coefficient (Wildman–Crippen LogP) is 14.4. The summed E-state index contributed by atoms with van der Waals surface area (Å²) < 4.78 is 2.72. The Morgan fingerprint density at radius 3 is 2.12 bits per heavy atom. The van der Waals surface area contributed by atoms with Crippen molar-refractivity contribution in [3.8, 4) is 22.3 Å². The van der Waals surface area contributed by atoms with Crippen molar-refractivity contribution in [1.82, 2.24) is 0 Å². The van der Waals surface area contributed by atoms with E-state index in [4.69, 9.17) is 0 Å². The number of rotatable bonds is 7. The third-order valence-corrected chi connectivity index (χ3v) is 15.9. The van der Waals surface area contributed by atoms with E-state index in [0.717, 1.165) is 38.5 Å². The van der Waals surface area contributed by atoms with E-state index in [1.165, 1.54) is 104 Å². The predicted molar refractivity (Wildman–Crippen MR) is 271 cm³/mol. The van der Waals surface area contributed by atoms with Crippen molar-refractivity contribution in [2.45, 2.75) is 50.0 Å².